The molecule has 0 unspecified atom stereocenters. The lowest BCUT2D eigenvalue weighted by atomic mass is 10.2. The Morgan fingerprint density at radius 3 is 2.21 bits per heavy atom. The summed E-state index contributed by atoms with van der Waals surface area (Å²) >= 11 is 0. The zero-order valence-corrected chi connectivity index (χ0v) is 18.3. The third-order valence-corrected chi connectivity index (χ3v) is 8.32. The van der Waals surface area contributed by atoms with E-state index in [4.69, 9.17) is 0 Å². The van der Waals surface area contributed by atoms with Crippen LogP contribution in [0, 0.1) is 0 Å². The highest BCUT2D eigenvalue weighted by Gasteiger charge is 2.24. The van der Waals surface area contributed by atoms with Crippen LogP contribution in [-0.2, 0) is 19.9 Å². The molecule has 9 heteroatoms. The van der Waals surface area contributed by atoms with Crippen molar-refractivity contribution in [3.05, 3.63) is 60.2 Å². The molecule has 158 valence electrons. The van der Waals surface area contributed by atoms with Crippen molar-refractivity contribution in [2.75, 3.05) is 19.3 Å². The van der Waals surface area contributed by atoms with Gasteiger partial charge in [0.25, 0.3) is 5.91 Å². The molecular formula is C20H26N2O5S2. The van der Waals surface area contributed by atoms with Gasteiger partial charge in [0.15, 0.2) is 9.84 Å². The minimum absolute atomic E-state index is 0.0352. The minimum atomic E-state index is -3.70. The van der Waals surface area contributed by atoms with E-state index in [-0.39, 0.29) is 40.1 Å². The quantitative estimate of drug-likeness (QED) is 0.606. The molecule has 29 heavy (non-hydrogen) atoms. The summed E-state index contributed by atoms with van der Waals surface area (Å²) in [5, 5.41) is 2.64. The fraction of sp³-hybridized carbons (Fsp3) is 0.350. The molecule has 0 saturated heterocycles. The van der Waals surface area contributed by atoms with E-state index < -0.39 is 25.8 Å². The van der Waals surface area contributed by atoms with Gasteiger partial charge in [-0.05, 0) is 50.6 Å². The number of sulfonamides is 1. The van der Waals surface area contributed by atoms with Gasteiger partial charge in [0.05, 0.1) is 15.5 Å². The Morgan fingerprint density at radius 2 is 1.59 bits per heavy atom. The van der Waals surface area contributed by atoms with Crippen molar-refractivity contribution in [1.29, 1.82) is 0 Å². The number of nitrogens with one attached hydrogen (secondary N) is 1. The van der Waals surface area contributed by atoms with Crippen LogP contribution in [0.25, 0.3) is 0 Å². The molecule has 0 aliphatic carbocycles. The van der Waals surface area contributed by atoms with E-state index in [0.29, 0.717) is 0 Å². The highest BCUT2D eigenvalue weighted by molar-refractivity contribution is 7.91. The highest BCUT2D eigenvalue weighted by Crippen LogP contribution is 2.18. The van der Waals surface area contributed by atoms with Crippen LogP contribution in [0.5, 0.6) is 0 Å². The van der Waals surface area contributed by atoms with E-state index in [1.807, 2.05) is 0 Å². The van der Waals surface area contributed by atoms with Crippen LogP contribution in [0.2, 0.25) is 0 Å². The average molecular weight is 439 g/mol. The second kappa shape index (κ2) is 9.51. The molecule has 1 N–H and O–H groups in total. The van der Waals surface area contributed by atoms with Gasteiger partial charge in [0, 0.05) is 25.2 Å². The van der Waals surface area contributed by atoms with Gasteiger partial charge < -0.3 is 5.32 Å². The maximum atomic E-state index is 12.6. The van der Waals surface area contributed by atoms with E-state index >= 15 is 0 Å². The van der Waals surface area contributed by atoms with Crippen LogP contribution in [0.1, 0.15) is 30.6 Å². The summed E-state index contributed by atoms with van der Waals surface area (Å²) in [5.74, 6) is -0.545. The van der Waals surface area contributed by atoms with Crippen molar-refractivity contribution >= 4 is 25.8 Å². The molecule has 0 saturated carbocycles. The summed E-state index contributed by atoms with van der Waals surface area (Å²) in [6.07, 6.45) is 0.247. The molecule has 0 atom stereocenters. The fourth-order valence-electron chi connectivity index (χ4n) is 2.55. The average Bonchev–Trinajstić information content (AvgIpc) is 2.71. The van der Waals surface area contributed by atoms with Crippen molar-refractivity contribution in [3.63, 3.8) is 0 Å². The monoisotopic (exact) mass is 438 g/mol. The van der Waals surface area contributed by atoms with Crippen molar-refractivity contribution in [2.45, 2.75) is 36.1 Å². The SMILES string of the molecule is CC(C)N(C)S(=O)(=O)c1cccc(C(=O)NCCCS(=O)(=O)c2ccccc2)c1. The van der Waals surface area contributed by atoms with E-state index in [2.05, 4.69) is 5.32 Å². The van der Waals surface area contributed by atoms with E-state index in [0.717, 1.165) is 0 Å². The first-order chi connectivity index (χ1) is 13.6. The number of nitrogens with zero attached hydrogens (tertiary/aromatic N) is 1. The van der Waals surface area contributed by atoms with Crippen LogP contribution in [0.4, 0.5) is 0 Å². The Hall–Kier alpha value is -2.23. The lowest BCUT2D eigenvalue weighted by molar-refractivity contribution is 0.0953. The minimum Gasteiger partial charge on any atom is -0.352 e. The largest absolute Gasteiger partial charge is 0.352 e. The zero-order chi connectivity index (χ0) is 21.7. The normalized spacial score (nSPS) is 12.3. The zero-order valence-electron chi connectivity index (χ0n) is 16.7. The molecule has 0 aromatic heterocycles. The predicted molar refractivity (Wildman–Crippen MR) is 112 cm³/mol. The van der Waals surface area contributed by atoms with Crippen LogP contribution in [-0.4, -0.2) is 52.4 Å². The number of sulfone groups is 1. The Kier molecular flexibility index (Phi) is 7.56. The first-order valence-electron chi connectivity index (χ1n) is 9.20. The molecule has 0 aliphatic rings. The standard InChI is InChI=1S/C20H26N2O5S2/c1-16(2)22(3)29(26,27)19-12-7-9-17(15-19)20(23)21-13-8-14-28(24,25)18-10-5-4-6-11-18/h4-7,9-12,15-16H,8,13-14H2,1-3H3,(H,21,23). The molecule has 0 heterocycles. The molecule has 2 aromatic rings. The van der Waals surface area contributed by atoms with Crippen LogP contribution < -0.4 is 5.32 Å². The molecular weight excluding hydrogens is 412 g/mol. The first kappa shape index (κ1) is 23.1. The lowest BCUT2D eigenvalue weighted by Crippen LogP contribution is -2.33. The second-order valence-electron chi connectivity index (χ2n) is 6.88. The third-order valence-electron chi connectivity index (χ3n) is 4.48. The summed E-state index contributed by atoms with van der Waals surface area (Å²) in [7, 11) is -5.61. The van der Waals surface area contributed by atoms with Gasteiger partial charge in [-0.3, -0.25) is 4.79 Å². The molecule has 2 rings (SSSR count). The van der Waals surface area contributed by atoms with Gasteiger partial charge in [0.1, 0.15) is 0 Å². The maximum absolute atomic E-state index is 12.6. The Balaban J connectivity index is 1.98. The number of carbonyl (C=O) groups is 1. The summed E-state index contributed by atoms with van der Waals surface area (Å²) in [6.45, 7) is 3.68. The van der Waals surface area contributed by atoms with Crippen molar-refractivity contribution in [1.82, 2.24) is 9.62 Å². The van der Waals surface area contributed by atoms with Gasteiger partial charge in [-0.1, -0.05) is 24.3 Å². The summed E-state index contributed by atoms with van der Waals surface area (Å²) in [5.41, 5.74) is 0.203. The van der Waals surface area contributed by atoms with Gasteiger partial charge in [0.2, 0.25) is 10.0 Å². The van der Waals surface area contributed by atoms with Gasteiger partial charge in [-0.2, -0.15) is 4.31 Å². The number of amides is 1. The topological polar surface area (TPSA) is 101 Å². The van der Waals surface area contributed by atoms with Crippen LogP contribution in [0.3, 0.4) is 0 Å². The number of rotatable bonds is 9. The maximum Gasteiger partial charge on any atom is 0.251 e. The number of hydrogen-bond acceptors (Lipinski definition) is 5. The fourth-order valence-corrected chi connectivity index (χ4v) is 5.30. The predicted octanol–water partition coefficient (Wildman–Crippen LogP) is 2.31. The highest BCUT2D eigenvalue weighted by atomic mass is 32.2. The number of hydrogen-bond donors (Lipinski definition) is 1. The van der Waals surface area contributed by atoms with E-state index in [9.17, 15) is 21.6 Å². The molecule has 0 radical (unpaired) electrons. The summed E-state index contributed by atoms with van der Waals surface area (Å²) in [4.78, 5) is 12.6. The Labute approximate surface area is 172 Å². The second-order valence-corrected chi connectivity index (χ2v) is 11.0. The van der Waals surface area contributed by atoms with Crippen molar-refractivity contribution in [2.24, 2.45) is 0 Å². The molecule has 1 amide bonds. The molecule has 2 aromatic carbocycles. The van der Waals surface area contributed by atoms with Crippen molar-refractivity contribution < 1.29 is 21.6 Å². The van der Waals surface area contributed by atoms with Crippen LogP contribution >= 0.6 is 0 Å². The van der Waals surface area contributed by atoms with Gasteiger partial charge in [-0.15, -0.1) is 0 Å². The summed E-state index contributed by atoms with van der Waals surface area (Å²) in [6, 6.07) is 13.7. The smallest absolute Gasteiger partial charge is 0.251 e. The molecule has 0 spiro atoms. The first-order valence-corrected chi connectivity index (χ1v) is 12.3. The number of benzene rings is 2. The van der Waals surface area contributed by atoms with Crippen LogP contribution in [0.15, 0.2) is 64.4 Å². The molecule has 7 nitrogen and oxygen atoms in total. The summed E-state index contributed by atoms with van der Waals surface area (Å²) < 4.78 is 50.9. The Bertz CT molecular complexity index is 1050. The van der Waals surface area contributed by atoms with E-state index in [1.54, 1.807) is 32.0 Å². The van der Waals surface area contributed by atoms with Gasteiger partial charge >= 0.3 is 0 Å². The number of carbonyl (C=O) groups excluding carboxylic acids is 1. The third kappa shape index (κ3) is 5.88. The Morgan fingerprint density at radius 1 is 0.966 bits per heavy atom. The molecule has 0 fully saturated rings. The molecule has 0 aliphatic heterocycles. The van der Waals surface area contributed by atoms with Gasteiger partial charge in [-0.25, -0.2) is 16.8 Å². The molecule has 0 bridgehead atoms. The van der Waals surface area contributed by atoms with Crippen molar-refractivity contribution in [3.8, 4) is 0 Å². The van der Waals surface area contributed by atoms with E-state index in [1.165, 1.54) is 47.8 Å². The lowest BCUT2D eigenvalue weighted by Gasteiger charge is -2.21.